The van der Waals surface area contributed by atoms with Crippen molar-refractivity contribution in [1.82, 2.24) is 9.55 Å². The van der Waals surface area contributed by atoms with Gasteiger partial charge in [-0.3, -0.25) is 9.36 Å². The first kappa shape index (κ1) is 19.5. The quantitative estimate of drug-likeness (QED) is 0.450. The van der Waals surface area contributed by atoms with Gasteiger partial charge in [0.15, 0.2) is 0 Å². The topological polar surface area (TPSA) is 38.1 Å². The fourth-order valence-corrected chi connectivity index (χ4v) is 4.58. The molecule has 1 amide bonds. The molecule has 0 unspecified atom stereocenters. The van der Waals surface area contributed by atoms with Gasteiger partial charge in [0, 0.05) is 26.6 Å². The van der Waals surface area contributed by atoms with Crippen LogP contribution < -0.4 is 4.90 Å². The normalized spacial score (nSPS) is 18.6. The summed E-state index contributed by atoms with van der Waals surface area (Å²) in [7, 11) is 0. The third-order valence-electron chi connectivity index (χ3n) is 5.10. The number of hydrogen-bond acceptors (Lipinski definition) is 2. The highest BCUT2D eigenvalue weighted by Gasteiger charge is 2.49. The van der Waals surface area contributed by atoms with Crippen molar-refractivity contribution in [3.63, 3.8) is 0 Å². The van der Waals surface area contributed by atoms with Crippen LogP contribution in [0.3, 0.4) is 0 Å². The second-order valence-corrected chi connectivity index (χ2v) is 8.87. The summed E-state index contributed by atoms with van der Waals surface area (Å²) in [4.78, 5) is 19.9. The Bertz CT molecular complexity index is 1040. The van der Waals surface area contributed by atoms with Gasteiger partial charge in [0.1, 0.15) is 5.54 Å². The Morgan fingerprint density at radius 2 is 1.75 bits per heavy atom. The Morgan fingerprint density at radius 1 is 1.11 bits per heavy atom. The fraction of sp³-hybridized carbons (Fsp3) is 0.238. The Kier molecular flexibility index (Phi) is 5.02. The van der Waals surface area contributed by atoms with Crippen LogP contribution in [0, 0.1) is 0 Å². The van der Waals surface area contributed by atoms with Crippen molar-refractivity contribution >= 4 is 56.7 Å². The summed E-state index contributed by atoms with van der Waals surface area (Å²) in [6.07, 6.45) is 3.17. The van der Waals surface area contributed by atoms with Crippen molar-refractivity contribution in [2.24, 2.45) is 0 Å². The van der Waals surface area contributed by atoms with Crippen molar-refractivity contribution in [1.29, 1.82) is 0 Å². The van der Waals surface area contributed by atoms with E-state index in [0.29, 0.717) is 28.1 Å². The van der Waals surface area contributed by atoms with Gasteiger partial charge in [0.25, 0.3) is 5.91 Å². The van der Waals surface area contributed by atoms with E-state index in [1.807, 2.05) is 42.0 Å². The van der Waals surface area contributed by atoms with E-state index in [4.69, 9.17) is 23.2 Å². The molecule has 0 saturated carbocycles. The molecule has 0 aliphatic carbocycles. The van der Waals surface area contributed by atoms with Crippen molar-refractivity contribution < 1.29 is 4.79 Å². The van der Waals surface area contributed by atoms with Crippen LogP contribution in [-0.2, 0) is 23.2 Å². The Balaban J connectivity index is 1.85. The molecule has 2 aromatic carbocycles. The van der Waals surface area contributed by atoms with Crippen LogP contribution in [-0.4, -0.2) is 15.5 Å². The molecule has 0 bridgehead atoms. The first-order chi connectivity index (χ1) is 13.3. The van der Waals surface area contributed by atoms with Crippen LogP contribution in [0.2, 0.25) is 10.0 Å². The second kappa shape index (κ2) is 7.21. The van der Waals surface area contributed by atoms with E-state index in [9.17, 15) is 4.79 Å². The van der Waals surface area contributed by atoms with Gasteiger partial charge in [-0.1, -0.05) is 58.2 Å². The summed E-state index contributed by atoms with van der Waals surface area (Å²) < 4.78 is 3.05. The molecule has 0 fully saturated rings. The molecular weight excluding hydrogens is 461 g/mol. The average Bonchev–Trinajstić information content (AvgIpc) is 3.15. The maximum atomic E-state index is 13.7. The van der Waals surface area contributed by atoms with Crippen molar-refractivity contribution in [3.05, 3.63) is 74.4 Å². The lowest BCUT2D eigenvalue weighted by atomic mass is 9.91. The number of hydrogen-bond donors (Lipinski definition) is 0. The summed E-state index contributed by atoms with van der Waals surface area (Å²) >= 11 is 15.9. The van der Waals surface area contributed by atoms with Crippen molar-refractivity contribution in [2.45, 2.75) is 32.2 Å². The van der Waals surface area contributed by atoms with Crippen LogP contribution in [0.4, 0.5) is 11.6 Å². The van der Waals surface area contributed by atoms with Gasteiger partial charge in [0.2, 0.25) is 5.95 Å². The first-order valence-corrected chi connectivity index (χ1v) is 10.5. The maximum absolute atomic E-state index is 13.7. The van der Waals surface area contributed by atoms with Gasteiger partial charge in [-0.25, -0.2) is 9.88 Å². The molecule has 1 atom stereocenters. The maximum Gasteiger partial charge on any atom is 0.260 e. The molecule has 1 aliphatic rings. The number of aryl methyl sites for hydroxylation is 1. The highest BCUT2D eigenvalue weighted by molar-refractivity contribution is 9.10. The number of amides is 1. The van der Waals surface area contributed by atoms with Crippen LogP contribution >= 0.6 is 39.1 Å². The molecule has 1 aliphatic heterocycles. The predicted molar refractivity (Wildman–Crippen MR) is 117 cm³/mol. The van der Waals surface area contributed by atoms with Gasteiger partial charge < -0.3 is 0 Å². The molecule has 0 radical (unpaired) electrons. The zero-order valence-electron chi connectivity index (χ0n) is 15.4. The molecule has 0 spiro atoms. The number of halogens is 3. The summed E-state index contributed by atoms with van der Waals surface area (Å²) in [6, 6.07) is 13.2. The lowest BCUT2D eigenvalue weighted by Gasteiger charge is -2.26. The lowest BCUT2D eigenvalue weighted by Crippen LogP contribution is -2.41. The van der Waals surface area contributed by atoms with Crippen LogP contribution in [0.25, 0.3) is 0 Å². The van der Waals surface area contributed by atoms with E-state index >= 15 is 0 Å². The van der Waals surface area contributed by atoms with Crippen molar-refractivity contribution in [3.8, 4) is 0 Å². The smallest absolute Gasteiger partial charge is 0.260 e. The number of anilines is 2. The number of fused-ring (bicyclic) bond motifs is 1. The molecule has 28 heavy (non-hydrogen) atoms. The first-order valence-electron chi connectivity index (χ1n) is 8.95. The van der Waals surface area contributed by atoms with Gasteiger partial charge in [-0.2, -0.15) is 0 Å². The summed E-state index contributed by atoms with van der Waals surface area (Å²) in [5, 5.41) is 0.955. The Hall–Kier alpha value is -1.82. The number of rotatable bonds is 4. The molecule has 4 nitrogen and oxygen atoms in total. The van der Waals surface area contributed by atoms with Gasteiger partial charge in [0.05, 0.1) is 11.9 Å². The number of benzene rings is 2. The van der Waals surface area contributed by atoms with E-state index in [1.54, 1.807) is 23.1 Å². The van der Waals surface area contributed by atoms with E-state index in [1.165, 1.54) is 0 Å². The Morgan fingerprint density at radius 3 is 2.36 bits per heavy atom. The summed E-state index contributed by atoms with van der Waals surface area (Å²) in [5.74, 6) is 0.548. The highest BCUT2D eigenvalue weighted by Crippen LogP contribution is 2.43. The molecule has 0 saturated heterocycles. The zero-order valence-corrected chi connectivity index (χ0v) is 18.5. The molecule has 7 heteroatoms. The van der Waals surface area contributed by atoms with E-state index in [-0.39, 0.29) is 5.91 Å². The zero-order chi connectivity index (χ0) is 20.1. The lowest BCUT2D eigenvalue weighted by molar-refractivity contribution is -0.124. The second-order valence-electron chi connectivity index (χ2n) is 7.08. The molecule has 1 aromatic heterocycles. The standard InChI is InChI=1S/C21H18BrCl2N3O/c1-3-17-12-25-20-26(18-9-15(23)8-16(24)10-18)19(28)21(2,27(17)20)11-13-4-6-14(22)7-5-13/h4-10,12H,3,11H2,1-2H3/t21-/m1/s1. The third-order valence-corrected chi connectivity index (χ3v) is 6.07. The molecule has 2 heterocycles. The number of nitrogens with zero attached hydrogens (tertiary/aromatic N) is 3. The van der Waals surface area contributed by atoms with Gasteiger partial charge in [-0.15, -0.1) is 0 Å². The monoisotopic (exact) mass is 477 g/mol. The number of carbonyl (C=O) groups is 1. The van der Waals surface area contributed by atoms with E-state index in [2.05, 4.69) is 27.8 Å². The highest BCUT2D eigenvalue weighted by atomic mass is 79.9. The van der Waals surface area contributed by atoms with Gasteiger partial charge in [-0.05, 0) is 49.2 Å². The summed E-state index contributed by atoms with van der Waals surface area (Å²) in [5.41, 5.74) is 1.92. The molecule has 3 aromatic rings. The van der Waals surface area contributed by atoms with E-state index < -0.39 is 5.54 Å². The van der Waals surface area contributed by atoms with Crippen LogP contribution in [0.1, 0.15) is 25.1 Å². The molecule has 0 N–H and O–H groups in total. The molecular formula is C21H18BrCl2N3O. The average molecular weight is 479 g/mol. The van der Waals surface area contributed by atoms with Crippen LogP contribution in [0.15, 0.2) is 53.1 Å². The fourth-order valence-electron chi connectivity index (χ4n) is 3.80. The third kappa shape index (κ3) is 3.15. The minimum absolute atomic E-state index is 0.0495. The minimum Gasteiger partial charge on any atom is -0.299 e. The molecule has 144 valence electrons. The molecule has 4 rings (SSSR count). The Labute approximate surface area is 182 Å². The number of carbonyl (C=O) groups excluding carboxylic acids is 1. The predicted octanol–water partition coefficient (Wildman–Crippen LogP) is 6.15. The summed E-state index contributed by atoms with van der Waals surface area (Å²) in [6.45, 7) is 4.03. The van der Waals surface area contributed by atoms with E-state index in [0.717, 1.165) is 22.2 Å². The minimum atomic E-state index is -0.792. The van der Waals surface area contributed by atoms with Gasteiger partial charge >= 0.3 is 0 Å². The number of aromatic nitrogens is 2. The number of imidazole rings is 1. The van der Waals surface area contributed by atoms with Crippen LogP contribution in [0.5, 0.6) is 0 Å². The SMILES string of the molecule is CCc1cnc2n1[C@](C)(Cc1ccc(Br)cc1)C(=O)N2c1cc(Cl)cc(Cl)c1. The van der Waals surface area contributed by atoms with Crippen molar-refractivity contribution in [2.75, 3.05) is 4.90 Å². The largest absolute Gasteiger partial charge is 0.299 e.